The Balaban J connectivity index is 2.14. The second-order valence-electron chi connectivity index (χ2n) is 4.08. The molecule has 1 aromatic heterocycles. The quantitative estimate of drug-likeness (QED) is 0.828. The fourth-order valence-electron chi connectivity index (χ4n) is 1.78. The van der Waals surface area contributed by atoms with Crippen LogP contribution >= 0.6 is 0 Å². The SMILES string of the molecule is N#Cc1cc(N(CCC(=O)O)C2CC2)ccn1. The standard InChI is InChI=1S/C12H13N3O2/c13-8-9-7-11(3-5-14-9)15(10-1-2-10)6-4-12(16)17/h3,5,7,10H,1-2,4,6H2,(H,16,17). The summed E-state index contributed by atoms with van der Waals surface area (Å²) in [5.41, 5.74) is 1.25. The Morgan fingerprint density at radius 1 is 1.65 bits per heavy atom. The first kappa shape index (κ1) is 11.4. The molecule has 1 fully saturated rings. The molecule has 88 valence electrons. The molecule has 1 heterocycles. The maximum atomic E-state index is 10.6. The van der Waals surface area contributed by atoms with Crippen molar-refractivity contribution in [2.24, 2.45) is 0 Å². The van der Waals surface area contributed by atoms with Crippen LogP contribution in [0.1, 0.15) is 25.0 Å². The molecule has 1 N–H and O–H groups in total. The van der Waals surface area contributed by atoms with Gasteiger partial charge in [-0.3, -0.25) is 4.79 Å². The lowest BCUT2D eigenvalue weighted by atomic mass is 10.2. The highest BCUT2D eigenvalue weighted by molar-refractivity contribution is 5.68. The summed E-state index contributed by atoms with van der Waals surface area (Å²) in [5.74, 6) is -0.801. The van der Waals surface area contributed by atoms with Crippen LogP contribution in [-0.4, -0.2) is 28.6 Å². The van der Waals surface area contributed by atoms with Crippen molar-refractivity contribution in [3.05, 3.63) is 24.0 Å². The number of pyridine rings is 1. The average molecular weight is 231 g/mol. The molecule has 5 heteroatoms. The lowest BCUT2D eigenvalue weighted by Crippen LogP contribution is -2.28. The van der Waals surface area contributed by atoms with Crippen molar-refractivity contribution in [2.75, 3.05) is 11.4 Å². The molecule has 1 aliphatic rings. The molecule has 0 bridgehead atoms. The second-order valence-corrected chi connectivity index (χ2v) is 4.08. The van der Waals surface area contributed by atoms with Crippen LogP contribution in [-0.2, 0) is 4.79 Å². The summed E-state index contributed by atoms with van der Waals surface area (Å²) in [6, 6.07) is 5.94. The molecule has 0 atom stereocenters. The van der Waals surface area contributed by atoms with Gasteiger partial charge in [0.15, 0.2) is 0 Å². The molecule has 0 unspecified atom stereocenters. The van der Waals surface area contributed by atoms with Crippen molar-refractivity contribution >= 4 is 11.7 Å². The van der Waals surface area contributed by atoms with Gasteiger partial charge in [0.1, 0.15) is 11.8 Å². The van der Waals surface area contributed by atoms with Crippen molar-refractivity contribution < 1.29 is 9.90 Å². The minimum absolute atomic E-state index is 0.112. The van der Waals surface area contributed by atoms with E-state index in [9.17, 15) is 4.79 Å². The molecule has 0 saturated heterocycles. The summed E-state index contributed by atoms with van der Waals surface area (Å²) in [6.45, 7) is 0.481. The first-order valence-electron chi connectivity index (χ1n) is 5.55. The second kappa shape index (κ2) is 4.83. The number of carboxylic acids is 1. The van der Waals surface area contributed by atoms with Gasteiger partial charge in [-0.05, 0) is 25.0 Å². The first-order valence-corrected chi connectivity index (χ1v) is 5.55. The molecule has 1 aromatic rings. The number of rotatable bonds is 5. The van der Waals surface area contributed by atoms with Crippen LogP contribution in [0.3, 0.4) is 0 Å². The number of hydrogen-bond donors (Lipinski definition) is 1. The van der Waals surface area contributed by atoms with E-state index >= 15 is 0 Å². The van der Waals surface area contributed by atoms with Crippen LogP contribution in [0.25, 0.3) is 0 Å². The van der Waals surface area contributed by atoms with Gasteiger partial charge in [0.2, 0.25) is 0 Å². The highest BCUT2D eigenvalue weighted by Crippen LogP contribution is 2.31. The maximum absolute atomic E-state index is 10.6. The molecule has 0 amide bonds. The molecule has 2 rings (SSSR count). The minimum atomic E-state index is -0.801. The minimum Gasteiger partial charge on any atom is -0.481 e. The van der Waals surface area contributed by atoms with Gasteiger partial charge in [0.05, 0.1) is 6.42 Å². The van der Waals surface area contributed by atoms with E-state index < -0.39 is 5.97 Å². The van der Waals surface area contributed by atoms with Crippen LogP contribution in [0.15, 0.2) is 18.3 Å². The van der Waals surface area contributed by atoms with Crippen molar-refractivity contribution in [1.82, 2.24) is 4.98 Å². The Kier molecular flexibility index (Phi) is 3.24. The fraction of sp³-hybridized carbons (Fsp3) is 0.417. The average Bonchev–Trinajstić information content (AvgIpc) is 3.14. The van der Waals surface area contributed by atoms with E-state index in [0.29, 0.717) is 18.3 Å². The predicted molar refractivity (Wildman–Crippen MR) is 61.6 cm³/mol. The van der Waals surface area contributed by atoms with Gasteiger partial charge >= 0.3 is 5.97 Å². The lowest BCUT2D eigenvalue weighted by Gasteiger charge is -2.23. The highest BCUT2D eigenvalue weighted by Gasteiger charge is 2.29. The number of aromatic nitrogens is 1. The number of nitriles is 1. The highest BCUT2D eigenvalue weighted by atomic mass is 16.4. The predicted octanol–water partition coefficient (Wildman–Crippen LogP) is 1.40. The third-order valence-corrected chi connectivity index (χ3v) is 2.74. The van der Waals surface area contributed by atoms with Gasteiger partial charge in [-0.1, -0.05) is 0 Å². The Hall–Kier alpha value is -2.09. The van der Waals surface area contributed by atoms with Gasteiger partial charge in [0, 0.05) is 24.5 Å². The van der Waals surface area contributed by atoms with Gasteiger partial charge < -0.3 is 10.0 Å². The van der Waals surface area contributed by atoms with Crippen molar-refractivity contribution in [3.63, 3.8) is 0 Å². The number of anilines is 1. The largest absolute Gasteiger partial charge is 0.481 e. The van der Waals surface area contributed by atoms with Gasteiger partial charge in [-0.25, -0.2) is 4.98 Å². The van der Waals surface area contributed by atoms with Crippen LogP contribution in [0.2, 0.25) is 0 Å². The van der Waals surface area contributed by atoms with Crippen molar-refractivity contribution in [3.8, 4) is 6.07 Å². The van der Waals surface area contributed by atoms with Crippen LogP contribution in [0.5, 0.6) is 0 Å². The Labute approximate surface area is 99.3 Å². The van der Waals surface area contributed by atoms with E-state index in [0.717, 1.165) is 18.5 Å². The first-order chi connectivity index (χ1) is 8.20. The molecule has 0 radical (unpaired) electrons. The summed E-state index contributed by atoms with van der Waals surface area (Å²) in [7, 11) is 0. The summed E-state index contributed by atoms with van der Waals surface area (Å²) in [4.78, 5) is 16.6. The lowest BCUT2D eigenvalue weighted by molar-refractivity contribution is -0.136. The zero-order valence-corrected chi connectivity index (χ0v) is 9.33. The van der Waals surface area contributed by atoms with E-state index in [4.69, 9.17) is 10.4 Å². The molecular formula is C12H13N3O2. The molecule has 1 aliphatic carbocycles. The van der Waals surface area contributed by atoms with E-state index in [1.807, 2.05) is 12.1 Å². The smallest absolute Gasteiger partial charge is 0.305 e. The Morgan fingerprint density at radius 2 is 2.41 bits per heavy atom. The molecule has 17 heavy (non-hydrogen) atoms. The van der Waals surface area contributed by atoms with E-state index in [1.54, 1.807) is 12.3 Å². The molecule has 0 aromatic carbocycles. The van der Waals surface area contributed by atoms with E-state index in [2.05, 4.69) is 9.88 Å². The van der Waals surface area contributed by atoms with Gasteiger partial charge in [-0.15, -0.1) is 0 Å². The monoisotopic (exact) mass is 231 g/mol. The third-order valence-electron chi connectivity index (χ3n) is 2.74. The Morgan fingerprint density at radius 3 is 3.00 bits per heavy atom. The zero-order chi connectivity index (χ0) is 12.3. The van der Waals surface area contributed by atoms with E-state index in [-0.39, 0.29) is 6.42 Å². The number of hydrogen-bond acceptors (Lipinski definition) is 4. The zero-order valence-electron chi connectivity index (χ0n) is 9.33. The molecule has 1 saturated carbocycles. The van der Waals surface area contributed by atoms with Crippen LogP contribution in [0, 0.1) is 11.3 Å². The van der Waals surface area contributed by atoms with Crippen LogP contribution in [0.4, 0.5) is 5.69 Å². The number of nitrogens with zero attached hydrogens (tertiary/aromatic N) is 3. The summed E-state index contributed by atoms with van der Waals surface area (Å²) in [5, 5.41) is 17.5. The topological polar surface area (TPSA) is 77.2 Å². The van der Waals surface area contributed by atoms with Gasteiger partial charge in [0.25, 0.3) is 0 Å². The molecule has 0 spiro atoms. The normalized spacial score (nSPS) is 14.1. The molecular weight excluding hydrogens is 218 g/mol. The summed E-state index contributed by atoms with van der Waals surface area (Å²) in [6.07, 6.45) is 3.87. The number of carbonyl (C=O) groups is 1. The van der Waals surface area contributed by atoms with E-state index in [1.165, 1.54) is 0 Å². The summed E-state index contributed by atoms with van der Waals surface area (Å²) < 4.78 is 0. The summed E-state index contributed by atoms with van der Waals surface area (Å²) >= 11 is 0. The molecule has 5 nitrogen and oxygen atoms in total. The van der Waals surface area contributed by atoms with Crippen molar-refractivity contribution in [1.29, 1.82) is 5.26 Å². The number of carboxylic acid groups (broad SMARTS) is 1. The van der Waals surface area contributed by atoms with Gasteiger partial charge in [-0.2, -0.15) is 5.26 Å². The third kappa shape index (κ3) is 2.94. The molecule has 0 aliphatic heterocycles. The fourth-order valence-corrected chi connectivity index (χ4v) is 1.78. The van der Waals surface area contributed by atoms with Crippen LogP contribution < -0.4 is 4.90 Å². The number of aliphatic carboxylic acids is 1. The Bertz CT molecular complexity index is 463. The van der Waals surface area contributed by atoms with Crippen molar-refractivity contribution in [2.45, 2.75) is 25.3 Å². The maximum Gasteiger partial charge on any atom is 0.305 e.